The molecule has 2 aliphatic heterocycles. The summed E-state index contributed by atoms with van der Waals surface area (Å²) in [6, 6.07) is 0. The van der Waals surface area contributed by atoms with Crippen molar-refractivity contribution in [3.05, 3.63) is 0 Å². The van der Waals surface area contributed by atoms with Crippen LogP contribution < -0.4 is 0 Å². The molecule has 2 rings (SSSR count). The summed E-state index contributed by atoms with van der Waals surface area (Å²) in [5, 5.41) is 57.0. The van der Waals surface area contributed by atoms with Crippen molar-refractivity contribution in [2.75, 3.05) is 13.2 Å². The molecule has 19 heavy (non-hydrogen) atoms. The van der Waals surface area contributed by atoms with Crippen molar-refractivity contribution in [3.8, 4) is 0 Å². The third-order valence-electron chi connectivity index (χ3n) is 3.19. The molecule has 9 nitrogen and oxygen atoms in total. The van der Waals surface area contributed by atoms with Crippen molar-refractivity contribution in [2.45, 2.75) is 49.2 Å². The van der Waals surface area contributed by atoms with Crippen LogP contribution in [0.1, 0.15) is 0 Å². The Labute approximate surface area is 108 Å². The van der Waals surface area contributed by atoms with Gasteiger partial charge in [0.15, 0.2) is 12.6 Å². The number of hydrogen-bond donors (Lipinski definition) is 6. The van der Waals surface area contributed by atoms with Crippen LogP contribution in [0.2, 0.25) is 0 Å². The molecule has 2 heterocycles. The van der Waals surface area contributed by atoms with Crippen molar-refractivity contribution in [1.82, 2.24) is 0 Å². The van der Waals surface area contributed by atoms with E-state index in [0.29, 0.717) is 0 Å². The third kappa shape index (κ3) is 3.05. The van der Waals surface area contributed by atoms with Crippen LogP contribution in [0.4, 0.5) is 0 Å². The van der Waals surface area contributed by atoms with E-state index in [-0.39, 0.29) is 13.2 Å². The molecule has 0 radical (unpaired) electrons. The number of aliphatic hydroxyl groups is 6. The first-order valence-electron chi connectivity index (χ1n) is 5.89. The Balaban J connectivity index is 1.99. The molecule has 0 aromatic heterocycles. The van der Waals surface area contributed by atoms with Crippen molar-refractivity contribution in [2.24, 2.45) is 0 Å². The van der Waals surface area contributed by atoms with Gasteiger partial charge in [0.05, 0.1) is 13.2 Å². The minimum atomic E-state index is -1.54. The van der Waals surface area contributed by atoms with Crippen LogP contribution in [0.3, 0.4) is 0 Å². The monoisotopic (exact) mass is 282 g/mol. The molecule has 0 aromatic rings. The molecule has 0 aromatic carbocycles. The lowest BCUT2D eigenvalue weighted by atomic mass is 10.0. The van der Waals surface area contributed by atoms with E-state index in [1.165, 1.54) is 0 Å². The predicted molar refractivity (Wildman–Crippen MR) is 56.6 cm³/mol. The molecule has 2 fully saturated rings. The van der Waals surface area contributed by atoms with Crippen molar-refractivity contribution < 1.29 is 44.8 Å². The van der Waals surface area contributed by atoms with Gasteiger partial charge in [-0.2, -0.15) is 0 Å². The first-order valence-corrected chi connectivity index (χ1v) is 5.89. The molecule has 0 spiro atoms. The average molecular weight is 282 g/mol. The standard InChI is InChI=1S/C10H18O9/c11-3-1-18-10(6(14)5(3)13)19-8-4(12)2-17-9(16)7(8)15/h3-16H,1-2H2. The molecular formula is C10H18O9. The Bertz CT molecular complexity index is 301. The lowest BCUT2D eigenvalue weighted by Gasteiger charge is -2.41. The van der Waals surface area contributed by atoms with Gasteiger partial charge in [-0.05, 0) is 0 Å². The van der Waals surface area contributed by atoms with Crippen molar-refractivity contribution in [1.29, 1.82) is 0 Å². The van der Waals surface area contributed by atoms with Crippen LogP contribution >= 0.6 is 0 Å². The second-order valence-electron chi connectivity index (χ2n) is 4.63. The number of aliphatic hydroxyl groups excluding tert-OH is 6. The largest absolute Gasteiger partial charge is 0.388 e. The van der Waals surface area contributed by atoms with Gasteiger partial charge in [0, 0.05) is 0 Å². The lowest BCUT2D eigenvalue weighted by molar-refractivity contribution is -0.329. The minimum absolute atomic E-state index is 0.253. The van der Waals surface area contributed by atoms with E-state index >= 15 is 0 Å². The summed E-state index contributed by atoms with van der Waals surface area (Å²) >= 11 is 0. The maximum atomic E-state index is 9.66. The van der Waals surface area contributed by atoms with Gasteiger partial charge >= 0.3 is 0 Å². The highest BCUT2D eigenvalue weighted by Gasteiger charge is 2.45. The second-order valence-corrected chi connectivity index (χ2v) is 4.63. The molecule has 0 aliphatic carbocycles. The van der Waals surface area contributed by atoms with E-state index in [2.05, 4.69) is 4.74 Å². The highest BCUT2D eigenvalue weighted by molar-refractivity contribution is 4.87. The highest BCUT2D eigenvalue weighted by Crippen LogP contribution is 2.23. The topological polar surface area (TPSA) is 149 Å². The summed E-state index contributed by atoms with van der Waals surface area (Å²) < 4.78 is 14.8. The Morgan fingerprint density at radius 2 is 1.37 bits per heavy atom. The maximum absolute atomic E-state index is 9.66. The van der Waals surface area contributed by atoms with Gasteiger partial charge in [-0.3, -0.25) is 0 Å². The van der Waals surface area contributed by atoms with Crippen LogP contribution in [0, 0.1) is 0 Å². The summed E-state index contributed by atoms with van der Waals surface area (Å²) in [7, 11) is 0. The summed E-state index contributed by atoms with van der Waals surface area (Å²) in [5.41, 5.74) is 0. The zero-order valence-corrected chi connectivity index (χ0v) is 9.94. The number of ether oxygens (including phenoxy) is 3. The predicted octanol–water partition coefficient (Wildman–Crippen LogP) is -4.12. The average Bonchev–Trinajstić information content (AvgIpc) is 2.39. The molecule has 8 unspecified atom stereocenters. The molecule has 0 amide bonds. The van der Waals surface area contributed by atoms with Crippen LogP contribution in [0.5, 0.6) is 0 Å². The van der Waals surface area contributed by atoms with E-state index in [4.69, 9.17) is 9.47 Å². The van der Waals surface area contributed by atoms with E-state index < -0.39 is 49.2 Å². The molecule has 0 saturated carbocycles. The SMILES string of the molecule is OC1COC(OC2C(O)COC(O)C2O)C(O)C1O. The Morgan fingerprint density at radius 1 is 0.737 bits per heavy atom. The van der Waals surface area contributed by atoms with Gasteiger partial charge in [0.25, 0.3) is 0 Å². The fourth-order valence-electron chi connectivity index (χ4n) is 2.01. The van der Waals surface area contributed by atoms with E-state index in [9.17, 15) is 30.6 Å². The lowest BCUT2D eigenvalue weighted by Crippen LogP contribution is -2.60. The van der Waals surface area contributed by atoms with Gasteiger partial charge in [-0.1, -0.05) is 0 Å². The maximum Gasteiger partial charge on any atom is 0.186 e. The Kier molecular flexibility index (Phi) is 4.71. The minimum Gasteiger partial charge on any atom is -0.388 e. The molecule has 8 atom stereocenters. The number of rotatable bonds is 2. The van der Waals surface area contributed by atoms with Crippen molar-refractivity contribution >= 4 is 0 Å². The smallest absolute Gasteiger partial charge is 0.186 e. The summed E-state index contributed by atoms with van der Waals surface area (Å²) in [6.07, 6.45) is -11.1. The van der Waals surface area contributed by atoms with Gasteiger partial charge < -0.3 is 44.8 Å². The van der Waals surface area contributed by atoms with Crippen LogP contribution in [0.15, 0.2) is 0 Å². The number of hydrogen-bond acceptors (Lipinski definition) is 9. The summed E-state index contributed by atoms with van der Waals surface area (Å²) in [4.78, 5) is 0. The molecule has 0 bridgehead atoms. The summed E-state index contributed by atoms with van der Waals surface area (Å²) in [6.45, 7) is -0.516. The first-order chi connectivity index (χ1) is 8.91. The second kappa shape index (κ2) is 5.95. The molecule has 2 aliphatic rings. The van der Waals surface area contributed by atoms with Gasteiger partial charge in [0.2, 0.25) is 0 Å². The zero-order chi connectivity index (χ0) is 14.2. The molecular weight excluding hydrogens is 264 g/mol. The van der Waals surface area contributed by atoms with E-state index in [1.807, 2.05) is 0 Å². The fraction of sp³-hybridized carbons (Fsp3) is 1.00. The van der Waals surface area contributed by atoms with E-state index in [0.717, 1.165) is 0 Å². The van der Waals surface area contributed by atoms with Crippen molar-refractivity contribution in [3.63, 3.8) is 0 Å². The first kappa shape index (κ1) is 15.0. The molecule has 9 heteroatoms. The quantitative estimate of drug-likeness (QED) is 0.297. The van der Waals surface area contributed by atoms with Crippen LogP contribution in [-0.4, -0.2) is 93.1 Å². The normalized spacial score (nSPS) is 52.1. The third-order valence-corrected chi connectivity index (χ3v) is 3.19. The van der Waals surface area contributed by atoms with E-state index in [1.54, 1.807) is 0 Å². The Morgan fingerprint density at radius 3 is 2.05 bits per heavy atom. The Hall–Kier alpha value is -0.360. The van der Waals surface area contributed by atoms with Crippen LogP contribution in [-0.2, 0) is 14.2 Å². The molecule has 112 valence electrons. The van der Waals surface area contributed by atoms with Gasteiger partial charge in [-0.15, -0.1) is 0 Å². The van der Waals surface area contributed by atoms with Crippen LogP contribution in [0.25, 0.3) is 0 Å². The molecule has 2 saturated heterocycles. The molecule has 6 N–H and O–H groups in total. The summed E-state index contributed by atoms with van der Waals surface area (Å²) in [5.74, 6) is 0. The zero-order valence-electron chi connectivity index (χ0n) is 9.94. The van der Waals surface area contributed by atoms with Gasteiger partial charge in [0.1, 0.15) is 36.6 Å². The fourth-order valence-corrected chi connectivity index (χ4v) is 2.01. The highest BCUT2D eigenvalue weighted by atomic mass is 16.7. The van der Waals surface area contributed by atoms with Gasteiger partial charge in [-0.25, -0.2) is 0 Å².